The molecule has 0 aromatic heterocycles. The Balaban J connectivity index is 4.35. The van der Waals surface area contributed by atoms with Gasteiger partial charge in [-0.1, -0.05) is 32.1 Å². The molecule has 0 unspecified atom stereocenters. The van der Waals surface area contributed by atoms with E-state index in [1.807, 2.05) is 27.7 Å². The van der Waals surface area contributed by atoms with Gasteiger partial charge in [-0.2, -0.15) is 0 Å². The highest BCUT2D eigenvalue weighted by atomic mass is 16.5. The molecule has 112 valence electrons. The van der Waals surface area contributed by atoms with E-state index in [1.165, 1.54) is 6.08 Å². The normalized spacial score (nSPS) is 13.4. The molecule has 0 atom stereocenters. The van der Waals surface area contributed by atoms with Gasteiger partial charge in [-0.3, -0.25) is 4.79 Å². The zero-order valence-corrected chi connectivity index (χ0v) is 12.8. The van der Waals surface area contributed by atoms with Crippen LogP contribution in [0.4, 0.5) is 0 Å². The van der Waals surface area contributed by atoms with Gasteiger partial charge in [0, 0.05) is 11.5 Å². The summed E-state index contributed by atoms with van der Waals surface area (Å²) in [7, 11) is 0. The number of carboxylic acids is 1. The number of rotatable bonds is 8. The maximum absolute atomic E-state index is 11.5. The van der Waals surface area contributed by atoms with Crippen molar-refractivity contribution in [2.75, 3.05) is 0 Å². The SMILES string of the molecule is CC(=O)C(C)(C)CC(C)(C)O/C=C/C=C\C=C\C(=O)O. The van der Waals surface area contributed by atoms with Crippen molar-refractivity contribution in [2.24, 2.45) is 5.41 Å². The van der Waals surface area contributed by atoms with E-state index in [0.29, 0.717) is 6.42 Å². The summed E-state index contributed by atoms with van der Waals surface area (Å²) in [5.41, 5.74) is -0.867. The zero-order chi connectivity index (χ0) is 15.8. The van der Waals surface area contributed by atoms with E-state index in [2.05, 4.69) is 0 Å². The third kappa shape index (κ3) is 8.29. The van der Waals surface area contributed by atoms with E-state index >= 15 is 0 Å². The van der Waals surface area contributed by atoms with E-state index in [9.17, 15) is 9.59 Å². The van der Waals surface area contributed by atoms with E-state index in [0.717, 1.165) is 6.08 Å². The van der Waals surface area contributed by atoms with Crippen LogP contribution in [0, 0.1) is 5.41 Å². The molecule has 20 heavy (non-hydrogen) atoms. The molecule has 0 amide bonds. The summed E-state index contributed by atoms with van der Waals surface area (Å²) in [4.78, 5) is 21.7. The van der Waals surface area contributed by atoms with Gasteiger partial charge in [0.1, 0.15) is 11.4 Å². The van der Waals surface area contributed by atoms with Crippen LogP contribution in [-0.4, -0.2) is 22.5 Å². The van der Waals surface area contributed by atoms with Crippen molar-refractivity contribution in [2.45, 2.75) is 46.6 Å². The minimum atomic E-state index is -0.984. The van der Waals surface area contributed by atoms with Crippen LogP contribution in [0.15, 0.2) is 36.6 Å². The van der Waals surface area contributed by atoms with Crippen molar-refractivity contribution in [1.82, 2.24) is 0 Å². The van der Waals surface area contributed by atoms with E-state index < -0.39 is 17.0 Å². The molecule has 0 aliphatic rings. The fraction of sp³-hybridized carbons (Fsp3) is 0.500. The Morgan fingerprint density at radius 3 is 2.10 bits per heavy atom. The van der Waals surface area contributed by atoms with Gasteiger partial charge in [-0.25, -0.2) is 4.79 Å². The molecule has 0 spiro atoms. The second-order valence-electron chi connectivity index (χ2n) is 5.91. The first kappa shape index (κ1) is 18.2. The molecule has 1 N–H and O–H groups in total. The van der Waals surface area contributed by atoms with Gasteiger partial charge in [-0.05, 0) is 33.3 Å². The first-order valence-electron chi connectivity index (χ1n) is 6.48. The fourth-order valence-corrected chi connectivity index (χ4v) is 1.77. The van der Waals surface area contributed by atoms with Crippen molar-refractivity contribution in [3.05, 3.63) is 36.6 Å². The zero-order valence-electron chi connectivity index (χ0n) is 12.8. The Labute approximate surface area is 120 Å². The Morgan fingerprint density at radius 1 is 1.05 bits per heavy atom. The molecule has 4 nitrogen and oxygen atoms in total. The second-order valence-corrected chi connectivity index (χ2v) is 5.91. The van der Waals surface area contributed by atoms with Crippen molar-refractivity contribution in [3.8, 4) is 0 Å². The van der Waals surface area contributed by atoms with Crippen LogP contribution in [0.25, 0.3) is 0 Å². The lowest BCUT2D eigenvalue weighted by molar-refractivity contribution is -0.131. The number of hydrogen-bond acceptors (Lipinski definition) is 3. The van der Waals surface area contributed by atoms with Crippen molar-refractivity contribution < 1.29 is 19.4 Å². The molecule has 0 aliphatic carbocycles. The average Bonchev–Trinajstić information content (AvgIpc) is 2.25. The largest absolute Gasteiger partial charge is 0.495 e. The lowest BCUT2D eigenvalue weighted by Gasteiger charge is -2.32. The Morgan fingerprint density at radius 2 is 1.60 bits per heavy atom. The van der Waals surface area contributed by atoms with Crippen LogP contribution < -0.4 is 0 Å². The molecule has 0 fully saturated rings. The molecule has 0 radical (unpaired) electrons. The molecule has 0 saturated carbocycles. The predicted octanol–water partition coefficient (Wildman–Crippen LogP) is 3.50. The third-order valence-corrected chi connectivity index (χ3v) is 2.86. The second kappa shape index (κ2) is 7.68. The van der Waals surface area contributed by atoms with Crippen LogP contribution in [0.2, 0.25) is 0 Å². The molecule has 4 heteroatoms. The molecule has 0 aliphatic heterocycles. The van der Waals surface area contributed by atoms with E-state index in [4.69, 9.17) is 9.84 Å². The quantitative estimate of drug-likeness (QED) is 0.420. The minimum absolute atomic E-state index is 0.136. The smallest absolute Gasteiger partial charge is 0.328 e. The number of ketones is 1. The molecule has 0 aromatic rings. The Bertz CT molecular complexity index is 426. The molecule has 0 heterocycles. The number of allylic oxidation sites excluding steroid dienone is 4. The maximum atomic E-state index is 11.5. The summed E-state index contributed by atoms with van der Waals surface area (Å²) in [5.74, 6) is -0.848. The highest BCUT2D eigenvalue weighted by Crippen LogP contribution is 2.31. The van der Waals surface area contributed by atoms with Gasteiger partial charge in [0.15, 0.2) is 0 Å². The van der Waals surface area contributed by atoms with Crippen LogP contribution >= 0.6 is 0 Å². The number of hydrogen-bond donors (Lipinski definition) is 1. The monoisotopic (exact) mass is 280 g/mol. The maximum Gasteiger partial charge on any atom is 0.328 e. The van der Waals surface area contributed by atoms with Crippen LogP contribution in [0.3, 0.4) is 0 Å². The summed E-state index contributed by atoms with van der Waals surface area (Å²) < 4.78 is 5.62. The van der Waals surface area contributed by atoms with E-state index in [1.54, 1.807) is 31.4 Å². The van der Waals surface area contributed by atoms with Crippen LogP contribution in [0.5, 0.6) is 0 Å². The number of aliphatic carboxylic acids is 1. The van der Waals surface area contributed by atoms with Gasteiger partial charge in [0.25, 0.3) is 0 Å². The molecule has 0 saturated heterocycles. The van der Waals surface area contributed by atoms with E-state index in [-0.39, 0.29) is 5.78 Å². The summed E-state index contributed by atoms with van der Waals surface area (Å²) in [5, 5.41) is 8.38. The van der Waals surface area contributed by atoms with Gasteiger partial charge >= 0.3 is 5.97 Å². The highest BCUT2D eigenvalue weighted by molar-refractivity contribution is 5.81. The first-order chi connectivity index (χ1) is 9.07. The van der Waals surface area contributed by atoms with Crippen molar-refractivity contribution >= 4 is 11.8 Å². The number of ether oxygens (including phenoxy) is 1. The molecule has 0 bridgehead atoms. The summed E-state index contributed by atoms with van der Waals surface area (Å²) in [6.07, 6.45) is 9.58. The first-order valence-corrected chi connectivity index (χ1v) is 6.48. The lowest BCUT2D eigenvalue weighted by atomic mass is 9.79. The number of carboxylic acid groups (broad SMARTS) is 1. The predicted molar refractivity (Wildman–Crippen MR) is 79.3 cm³/mol. The van der Waals surface area contributed by atoms with Crippen LogP contribution in [0.1, 0.15) is 41.0 Å². The topological polar surface area (TPSA) is 63.6 Å². The fourth-order valence-electron chi connectivity index (χ4n) is 1.77. The molecule has 0 aromatic carbocycles. The van der Waals surface area contributed by atoms with Crippen molar-refractivity contribution in [3.63, 3.8) is 0 Å². The minimum Gasteiger partial charge on any atom is -0.495 e. The standard InChI is InChI=1S/C16H24O4/c1-13(17)15(2,3)12-16(4,5)20-11-9-7-6-8-10-14(18)19/h6-11H,12H2,1-5H3,(H,18,19)/b7-6-,10-8+,11-9+. The number of carbonyl (C=O) groups is 2. The number of Topliss-reactive ketones (excluding diaryl/α,β-unsaturated/α-hetero) is 1. The van der Waals surface area contributed by atoms with Gasteiger partial charge in [0.05, 0.1) is 6.26 Å². The summed E-state index contributed by atoms with van der Waals surface area (Å²) >= 11 is 0. The third-order valence-electron chi connectivity index (χ3n) is 2.86. The average molecular weight is 280 g/mol. The summed E-state index contributed by atoms with van der Waals surface area (Å²) in [6.45, 7) is 9.25. The highest BCUT2D eigenvalue weighted by Gasteiger charge is 2.32. The van der Waals surface area contributed by atoms with Gasteiger partial charge in [-0.15, -0.1) is 0 Å². The van der Waals surface area contributed by atoms with Gasteiger partial charge in [0.2, 0.25) is 0 Å². The van der Waals surface area contributed by atoms with Gasteiger partial charge < -0.3 is 9.84 Å². The Hall–Kier alpha value is -1.84. The number of carbonyl (C=O) groups excluding carboxylic acids is 1. The molecule has 0 rings (SSSR count). The molecular formula is C16H24O4. The van der Waals surface area contributed by atoms with Crippen molar-refractivity contribution in [1.29, 1.82) is 0 Å². The van der Waals surface area contributed by atoms with Crippen LogP contribution in [-0.2, 0) is 14.3 Å². The molecular weight excluding hydrogens is 256 g/mol. The Kier molecular flexibility index (Phi) is 6.97. The lowest BCUT2D eigenvalue weighted by Crippen LogP contribution is -2.34. The summed E-state index contributed by atoms with van der Waals surface area (Å²) in [6, 6.07) is 0.